The number of carbonyl (C=O) groups is 7. The number of benzene rings is 1. The SMILES string of the molecule is O=C(CCCCCN1C(=O)CC(SCCCCCCC(=O)Nc2ccccc2)C1=O)NCC1CCC(C(=O)ON2C(=O)CCC2=O)CC1. The number of rotatable bonds is 19. The van der Waals surface area contributed by atoms with Gasteiger partial charge in [0.25, 0.3) is 11.8 Å². The molecule has 2 aliphatic heterocycles. The maximum absolute atomic E-state index is 12.8. The first kappa shape index (κ1) is 37.1. The lowest BCUT2D eigenvalue weighted by molar-refractivity contribution is -0.201. The molecule has 6 amide bonds. The van der Waals surface area contributed by atoms with Crippen LogP contribution in [0.5, 0.6) is 0 Å². The molecule has 2 saturated heterocycles. The van der Waals surface area contributed by atoms with Crippen molar-refractivity contribution in [2.45, 2.75) is 108 Å². The zero-order chi connectivity index (χ0) is 34.3. The number of para-hydroxylation sites is 1. The number of thioether (sulfide) groups is 1. The molecule has 2 heterocycles. The van der Waals surface area contributed by atoms with Gasteiger partial charge in [-0.1, -0.05) is 37.5 Å². The van der Waals surface area contributed by atoms with Crippen molar-refractivity contribution in [2.24, 2.45) is 11.8 Å². The third-order valence-electron chi connectivity index (χ3n) is 9.12. The molecule has 12 nitrogen and oxygen atoms in total. The van der Waals surface area contributed by atoms with Crippen molar-refractivity contribution >= 4 is 58.9 Å². The number of nitrogens with one attached hydrogen (secondary N) is 2. The highest BCUT2D eigenvalue weighted by molar-refractivity contribution is 8.00. The third kappa shape index (κ3) is 11.7. The first-order chi connectivity index (χ1) is 23.2. The number of unbranched alkanes of at least 4 members (excludes halogenated alkanes) is 5. The second kappa shape index (κ2) is 19.3. The molecule has 0 radical (unpaired) electrons. The minimum absolute atomic E-state index is 0.0156. The van der Waals surface area contributed by atoms with Gasteiger partial charge < -0.3 is 15.5 Å². The normalized spacial score (nSPS) is 21.1. The van der Waals surface area contributed by atoms with E-state index in [4.69, 9.17) is 4.84 Å². The average Bonchev–Trinajstić information content (AvgIpc) is 3.54. The molecule has 1 aromatic rings. The lowest BCUT2D eigenvalue weighted by Crippen LogP contribution is -2.37. The van der Waals surface area contributed by atoms with Gasteiger partial charge in [-0.15, -0.1) is 16.8 Å². The molecule has 1 aliphatic carbocycles. The largest absolute Gasteiger partial charge is 0.356 e. The molecule has 4 rings (SSSR count). The number of hydrogen-bond acceptors (Lipinski definition) is 9. The van der Waals surface area contributed by atoms with Gasteiger partial charge in [-0.05, 0) is 75.2 Å². The van der Waals surface area contributed by atoms with Crippen LogP contribution in [0.3, 0.4) is 0 Å². The molecule has 0 spiro atoms. The standard InChI is InChI=1S/C35H48N4O8S/c40-29(36-24-25-15-17-26(18-16-25)35(46)47-39-31(42)19-20-32(39)43)13-8-4-9-21-38-33(44)23-28(34(38)45)48-22-10-2-1-7-14-30(41)37-27-11-5-3-6-12-27/h3,5-6,11-12,25-26,28H,1-2,4,7-10,13-24H2,(H,36,40)(H,37,41). The Kier molecular flexibility index (Phi) is 14.9. The molecule has 1 unspecified atom stereocenters. The number of nitrogens with zero attached hydrogens (tertiary/aromatic N) is 2. The Bertz CT molecular complexity index is 1280. The van der Waals surface area contributed by atoms with Crippen molar-refractivity contribution in [2.75, 3.05) is 24.2 Å². The summed E-state index contributed by atoms with van der Waals surface area (Å²) in [5.41, 5.74) is 0.804. The van der Waals surface area contributed by atoms with Crippen molar-refractivity contribution in [1.29, 1.82) is 0 Å². The van der Waals surface area contributed by atoms with E-state index in [0.717, 1.165) is 56.4 Å². The van der Waals surface area contributed by atoms with Gasteiger partial charge in [0.2, 0.25) is 23.6 Å². The minimum Gasteiger partial charge on any atom is -0.356 e. The van der Waals surface area contributed by atoms with Crippen LogP contribution >= 0.6 is 11.8 Å². The zero-order valence-electron chi connectivity index (χ0n) is 27.6. The highest BCUT2D eigenvalue weighted by Gasteiger charge is 2.38. The molecule has 1 saturated carbocycles. The molecule has 13 heteroatoms. The van der Waals surface area contributed by atoms with E-state index >= 15 is 0 Å². The summed E-state index contributed by atoms with van der Waals surface area (Å²) in [4.78, 5) is 91.8. The van der Waals surface area contributed by atoms with Crippen LogP contribution in [0, 0.1) is 11.8 Å². The first-order valence-electron chi connectivity index (χ1n) is 17.4. The number of carbonyl (C=O) groups excluding carboxylic acids is 7. The van der Waals surface area contributed by atoms with Crippen molar-refractivity contribution in [3.63, 3.8) is 0 Å². The molecule has 48 heavy (non-hydrogen) atoms. The summed E-state index contributed by atoms with van der Waals surface area (Å²) in [6.45, 7) is 0.915. The van der Waals surface area contributed by atoms with Crippen LogP contribution in [0.4, 0.5) is 5.69 Å². The number of anilines is 1. The van der Waals surface area contributed by atoms with E-state index in [1.807, 2.05) is 30.3 Å². The predicted octanol–water partition coefficient (Wildman–Crippen LogP) is 4.53. The molecule has 1 atom stereocenters. The van der Waals surface area contributed by atoms with Gasteiger partial charge in [-0.3, -0.25) is 33.7 Å². The van der Waals surface area contributed by atoms with Crippen LogP contribution in [0.15, 0.2) is 30.3 Å². The molecule has 3 aliphatic rings. The highest BCUT2D eigenvalue weighted by atomic mass is 32.2. The zero-order valence-corrected chi connectivity index (χ0v) is 28.4. The fraction of sp³-hybridized carbons (Fsp3) is 0.629. The topological polar surface area (TPSA) is 159 Å². The lowest BCUT2D eigenvalue weighted by Gasteiger charge is -2.28. The quantitative estimate of drug-likeness (QED) is 0.158. The van der Waals surface area contributed by atoms with E-state index in [9.17, 15) is 33.6 Å². The summed E-state index contributed by atoms with van der Waals surface area (Å²) in [5, 5.41) is 6.14. The molecular weight excluding hydrogens is 636 g/mol. The maximum atomic E-state index is 12.8. The monoisotopic (exact) mass is 684 g/mol. The summed E-state index contributed by atoms with van der Waals surface area (Å²) in [6, 6.07) is 9.40. The van der Waals surface area contributed by atoms with E-state index in [2.05, 4.69) is 10.6 Å². The molecule has 1 aromatic carbocycles. The minimum atomic E-state index is -0.543. The number of hydrogen-bond donors (Lipinski definition) is 2. The van der Waals surface area contributed by atoms with Gasteiger partial charge in [-0.2, -0.15) is 0 Å². The Hall–Kier alpha value is -3.74. The molecule has 3 fully saturated rings. The van der Waals surface area contributed by atoms with Crippen LogP contribution in [0.25, 0.3) is 0 Å². The Morgan fingerprint density at radius 2 is 1.42 bits per heavy atom. The van der Waals surface area contributed by atoms with Crippen molar-refractivity contribution in [1.82, 2.24) is 15.3 Å². The van der Waals surface area contributed by atoms with Crippen LogP contribution in [0.2, 0.25) is 0 Å². The Labute approximate surface area is 286 Å². The van der Waals surface area contributed by atoms with Crippen LogP contribution in [-0.2, 0) is 38.4 Å². The van der Waals surface area contributed by atoms with Gasteiger partial charge in [-0.25, -0.2) is 4.79 Å². The van der Waals surface area contributed by atoms with Crippen LogP contribution in [-0.4, -0.2) is 75.5 Å². The highest BCUT2D eigenvalue weighted by Crippen LogP contribution is 2.30. The molecule has 0 aromatic heterocycles. The van der Waals surface area contributed by atoms with Crippen molar-refractivity contribution < 1.29 is 38.4 Å². The summed E-state index contributed by atoms with van der Waals surface area (Å²) >= 11 is 1.54. The summed E-state index contributed by atoms with van der Waals surface area (Å²) in [5.74, 6) is -1.06. The van der Waals surface area contributed by atoms with Gasteiger partial charge in [0.1, 0.15) is 0 Å². The number of imide groups is 2. The molecular formula is C35H48N4O8S. The van der Waals surface area contributed by atoms with E-state index in [-0.39, 0.29) is 60.0 Å². The number of likely N-dealkylation sites (tertiary alicyclic amines) is 1. The lowest BCUT2D eigenvalue weighted by atomic mass is 9.82. The van der Waals surface area contributed by atoms with Gasteiger partial charge in [0.15, 0.2) is 0 Å². The fourth-order valence-electron chi connectivity index (χ4n) is 6.23. The van der Waals surface area contributed by atoms with Gasteiger partial charge in [0, 0.05) is 50.9 Å². The van der Waals surface area contributed by atoms with E-state index < -0.39 is 17.8 Å². The van der Waals surface area contributed by atoms with Gasteiger partial charge >= 0.3 is 5.97 Å². The predicted molar refractivity (Wildman–Crippen MR) is 180 cm³/mol. The summed E-state index contributed by atoms with van der Waals surface area (Å²) in [7, 11) is 0. The molecule has 0 bridgehead atoms. The number of hydroxylamine groups is 2. The number of amides is 6. The Morgan fingerprint density at radius 1 is 0.771 bits per heavy atom. The average molecular weight is 685 g/mol. The Morgan fingerprint density at radius 3 is 2.12 bits per heavy atom. The van der Waals surface area contributed by atoms with Crippen LogP contribution in [0.1, 0.15) is 103 Å². The third-order valence-corrected chi connectivity index (χ3v) is 10.4. The first-order valence-corrected chi connectivity index (χ1v) is 18.4. The summed E-state index contributed by atoms with van der Waals surface area (Å²) in [6.07, 6.45) is 9.63. The maximum Gasteiger partial charge on any atom is 0.336 e. The molecule has 262 valence electrons. The summed E-state index contributed by atoms with van der Waals surface area (Å²) < 4.78 is 0. The van der Waals surface area contributed by atoms with E-state index in [1.54, 1.807) is 11.8 Å². The van der Waals surface area contributed by atoms with Crippen molar-refractivity contribution in [3.05, 3.63) is 30.3 Å². The second-order valence-electron chi connectivity index (χ2n) is 12.9. The van der Waals surface area contributed by atoms with E-state index in [1.165, 1.54) is 4.90 Å². The Balaban J connectivity index is 0.977. The van der Waals surface area contributed by atoms with Crippen molar-refractivity contribution in [3.8, 4) is 0 Å². The molecule has 2 N–H and O–H groups in total. The second-order valence-corrected chi connectivity index (χ2v) is 14.2. The van der Waals surface area contributed by atoms with E-state index in [0.29, 0.717) is 56.7 Å². The van der Waals surface area contributed by atoms with Gasteiger partial charge in [0.05, 0.1) is 11.2 Å². The fourth-order valence-corrected chi connectivity index (χ4v) is 7.42. The smallest absolute Gasteiger partial charge is 0.336 e. The van der Waals surface area contributed by atoms with Crippen LogP contribution < -0.4 is 10.6 Å².